The van der Waals surface area contributed by atoms with E-state index in [1.807, 2.05) is 37.4 Å². The van der Waals surface area contributed by atoms with Gasteiger partial charge in [-0.1, -0.05) is 23.7 Å². The van der Waals surface area contributed by atoms with Gasteiger partial charge in [0, 0.05) is 16.3 Å². The summed E-state index contributed by atoms with van der Waals surface area (Å²) in [5, 5.41) is 4.14. The molecule has 0 aliphatic heterocycles. The number of nitrogens with one attached hydrogen (secondary N) is 1. The summed E-state index contributed by atoms with van der Waals surface area (Å²) in [7, 11) is 0. The topological polar surface area (TPSA) is 68.0 Å². The number of carbonyl (C=O) groups excluding carboxylic acids is 1. The molecule has 2 rings (SSSR count). The second-order valence-electron chi connectivity index (χ2n) is 5.21. The van der Waals surface area contributed by atoms with Crippen LogP contribution < -0.4 is 11.1 Å². The number of thioether (sulfide) groups is 1. The summed E-state index contributed by atoms with van der Waals surface area (Å²) < 4.78 is 0. The first kappa shape index (κ1) is 18.3. The highest BCUT2D eigenvalue weighted by atomic mass is 35.5. The van der Waals surface area contributed by atoms with Crippen LogP contribution in [0, 0.1) is 6.92 Å². The fourth-order valence-corrected chi connectivity index (χ4v) is 3.75. The van der Waals surface area contributed by atoms with Crippen molar-refractivity contribution in [1.82, 2.24) is 4.98 Å². The monoisotopic (exact) mass is 369 g/mol. The van der Waals surface area contributed by atoms with Gasteiger partial charge in [-0.2, -0.15) is 11.8 Å². The number of rotatable bonds is 7. The van der Waals surface area contributed by atoms with E-state index in [4.69, 9.17) is 17.3 Å². The van der Waals surface area contributed by atoms with Crippen molar-refractivity contribution in [3.63, 3.8) is 0 Å². The van der Waals surface area contributed by atoms with Gasteiger partial charge in [-0.3, -0.25) is 4.79 Å². The highest BCUT2D eigenvalue weighted by Gasteiger charge is 2.16. The minimum atomic E-state index is -0.497. The Kier molecular flexibility index (Phi) is 6.89. The lowest BCUT2D eigenvalue weighted by atomic mass is 10.1. The number of halogens is 1. The van der Waals surface area contributed by atoms with Gasteiger partial charge in [0.2, 0.25) is 5.91 Å². The van der Waals surface area contributed by atoms with Crippen molar-refractivity contribution in [2.75, 3.05) is 17.3 Å². The Hall–Kier alpha value is -1.08. The molecule has 4 nitrogen and oxygen atoms in total. The van der Waals surface area contributed by atoms with Crippen molar-refractivity contribution in [3.05, 3.63) is 45.4 Å². The van der Waals surface area contributed by atoms with Crippen molar-refractivity contribution >= 4 is 45.7 Å². The van der Waals surface area contributed by atoms with Crippen LogP contribution >= 0.6 is 34.7 Å². The van der Waals surface area contributed by atoms with Crippen LogP contribution in [-0.4, -0.2) is 28.9 Å². The third-order valence-corrected chi connectivity index (χ3v) is 5.30. The Balaban J connectivity index is 2.02. The Morgan fingerprint density at radius 1 is 1.52 bits per heavy atom. The number of hydrogen-bond acceptors (Lipinski definition) is 5. The smallest absolute Gasteiger partial charge is 0.243 e. The first-order chi connectivity index (χ1) is 11.0. The van der Waals surface area contributed by atoms with Crippen LogP contribution in [0.3, 0.4) is 0 Å². The van der Waals surface area contributed by atoms with E-state index < -0.39 is 6.04 Å². The van der Waals surface area contributed by atoms with Crippen molar-refractivity contribution in [2.45, 2.75) is 25.8 Å². The molecular weight excluding hydrogens is 350 g/mol. The van der Waals surface area contributed by atoms with Crippen LogP contribution in [0.4, 0.5) is 5.13 Å². The fourth-order valence-electron chi connectivity index (χ4n) is 2.05. The van der Waals surface area contributed by atoms with E-state index in [1.165, 1.54) is 11.3 Å². The molecule has 0 saturated carbocycles. The molecule has 1 heterocycles. The van der Waals surface area contributed by atoms with Crippen molar-refractivity contribution in [3.8, 4) is 0 Å². The largest absolute Gasteiger partial charge is 0.320 e. The zero-order valence-electron chi connectivity index (χ0n) is 13.1. The molecule has 0 spiro atoms. The number of aryl methyl sites for hydroxylation is 1. The molecule has 1 aromatic heterocycles. The molecule has 0 aliphatic rings. The van der Waals surface area contributed by atoms with E-state index in [9.17, 15) is 4.79 Å². The van der Waals surface area contributed by atoms with Crippen LogP contribution in [0.2, 0.25) is 5.02 Å². The van der Waals surface area contributed by atoms with E-state index in [0.717, 1.165) is 33.3 Å². The molecular formula is C16H20ClN3OS2. The average Bonchev–Trinajstić information content (AvgIpc) is 2.84. The maximum Gasteiger partial charge on any atom is 0.243 e. The van der Waals surface area contributed by atoms with Gasteiger partial charge in [0.05, 0.1) is 11.7 Å². The second-order valence-corrected chi connectivity index (χ2v) is 7.72. The van der Waals surface area contributed by atoms with Gasteiger partial charge in [-0.05, 0) is 43.0 Å². The van der Waals surface area contributed by atoms with Crippen LogP contribution in [-0.2, 0) is 11.2 Å². The number of anilines is 1. The molecule has 2 aromatic rings. The van der Waals surface area contributed by atoms with Crippen molar-refractivity contribution < 1.29 is 4.79 Å². The quantitative estimate of drug-likeness (QED) is 0.780. The summed E-state index contributed by atoms with van der Waals surface area (Å²) in [5.41, 5.74) is 7.92. The second kappa shape index (κ2) is 8.68. The fraction of sp³-hybridized carbons (Fsp3) is 0.375. The summed E-state index contributed by atoms with van der Waals surface area (Å²) >= 11 is 9.18. The highest BCUT2D eigenvalue weighted by Crippen LogP contribution is 2.26. The third kappa shape index (κ3) is 5.49. The van der Waals surface area contributed by atoms with Crippen LogP contribution in [0.5, 0.6) is 0 Å². The Labute approximate surface area is 149 Å². The molecule has 1 amide bonds. The van der Waals surface area contributed by atoms with E-state index in [-0.39, 0.29) is 5.91 Å². The number of nitrogens with zero attached hydrogens (tertiary/aromatic N) is 1. The summed E-state index contributed by atoms with van der Waals surface area (Å²) in [6.07, 6.45) is 3.40. The average molecular weight is 370 g/mol. The van der Waals surface area contributed by atoms with Crippen LogP contribution in [0.15, 0.2) is 24.3 Å². The third-order valence-electron chi connectivity index (χ3n) is 3.35. The normalized spacial score (nSPS) is 12.2. The minimum Gasteiger partial charge on any atom is -0.320 e. The molecule has 1 atom stereocenters. The predicted octanol–water partition coefficient (Wildman–Crippen LogP) is 3.71. The number of carbonyl (C=O) groups is 1. The first-order valence-corrected chi connectivity index (χ1v) is 9.84. The lowest BCUT2D eigenvalue weighted by Crippen LogP contribution is -2.36. The van der Waals surface area contributed by atoms with Crippen LogP contribution in [0.25, 0.3) is 0 Å². The first-order valence-electron chi connectivity index (χ1n) is 7.25. The number of nitrogens with two attached hydrogens (primary N) is 1. The van der Waals surface area contributed by atoms with Gasteiger partial charge < -0.3 is 11.1 Å². The molecule has 7 heteroatoms. The molecule has 0 aliphatic carbocycles. The van der Waals surface area contributed by atoms with Crippen LogP contribution in [0.1, 0.15) is 22.6 Å². The summed E-state index contributed by atoms with van der Waals surface area (Å²) in [5.74, 6) is 0.688. The molecule has 0 radical (unpaired) electrons. The molecule has 0 bridgehead atoms. The number of benzene rings is 1. The van der Waals surface area contributed by atoms with Gasteiger partial charge in [-0.15, -0.1) is 11.3 Å². The van der Waals surface area contributed by atoms with E-state index in [1.54, 1.807) is 11.8 Å². The molecule has 23 heavy (non-hydrogen) atoms. The number of thiazole rings is 1. The van der Waals surface area contributed by atoms with E-state index in [2.05, 4.69) is 10.3 Å². The predicted molar refractivity (Wildman–Crippen MR) is 101 cm³/mol. The Morgan fingerprint density at radius 3 is 3.00 bits per heavy atom. The molecule has 124 valence electrons. The summed E-state index contributed by atoms with van der Waals surface area (Å²) in [6, 6.07) is 7.26. The standard InChI is InChI=1S/C16H20ClN3OS2/c1-10-14(9-11-4-3-5-12(17)8-11)23-16(19-10)20-15(21)13(18)6-7-22-2/h3-5,8,13H,6-7,9,18H2,1-2H3,(H,19,20,21)/t13-/m0/s1. The molecule has 0 saturated heterocycles. The maximum atomic E-state index is 12.0. The zero-order chi connectivity index (χ0) is 16.8. The van der Waals surface area contributed by atoms with Gasteiger partial charge in [0.25, 0.3) is 0 Å². The van der Waals surface area contributed by atoms with Gasteiger partial charge in [0.15, 0.2) is 5.13 Å². The van der Waals surface area contributed by atoms with Crippen molar-refractivity contribution in [2.24, 2.45) is 5.73 Å². The molecule has 0 unspecified atom stereocenters. The highest BCUT2D eigenvalue weighted by molar-refractivity contribution is 7.98. The molecule has 0 fully saturated rings. The maximum absolute atomic E-state index is 12.0. The van der Waals surface area contributed by atoms with E-state index in [0.29, 0.717) is 11.6 Å². The molecule has 1 aromatic carbocycles. The molecule has 3 N–H and O–H groups in total. The number of aromatic nitrogens is 1. The number of amides is 1. The van der Waals surface area contributed by atoms with Gasteiger partial charge in [-0.25, -0.2) is 4.98 Å². The zero-order valence-corrected chi connectivity index (χ0v) is 15.5. The Bertz CT molecular complexity index is 675. The van der Waals surface area contributed by atoms with Gasteiger partial charge >= 0.3 is 0 Å². The SMILES string of the molecule is CSCC[C@H](N)C(=O)Nc1nc(C)c(Cc2cccc(Cl)c2)s1. The summed E-state index contributed by atoms with van der Waals surface area (Å²) in [6.45, 7) is 1.94. The lowest BCUT2D eigenvalue weighted by Gasteiger charge is -2.09. The van der Waals surface area contributed by atoms with Crippen molar-refractivity contribution in [1.29, 1.82) is 0 Å². The number of hydrogen-bond donors (Lipinski definition) is 2. The lowest BCUT2D eigenvalue weighted by molar-refractivity contribution is -0.117. The Morgan fingerprint density at radius 2 is 2.30 bits per heavy atom. The van der Waals surface area contributed by atoms with E-state index >= 15 is 0 Å². The summed E-state index contributed by atoms with van der Waals surface area (Å²) in [4.78, 5) is 17.6. The minimum absolute atomic E-state index is 0.179. The van der Waals surface area contributed by atoms with Gasteiger partial charge in [0.1, 0.15) is 0 Å².